The topological polar surface area (TPSA) is 71.7 Å². The molecule has 0 radical (unpaired) electrons. The van der Waals surface area contributed by atoms with Crippen LogP contribution >= 0.6 is 0 Å². The van der Waals surface area contributed by atoms with E-state index >= 15 is 0 Å². The lowest BCUT2D eigenvalue weighted by Crippen LogP contribution is -2.37. The summed E-state index contributed by atoms with van der Waals surface area (Å²) in [5.41, 5.74) is 0.166. The number of hydrogen-bond donors (Lipinski definition) is 2. The third-order valence-corrected chi connectivity index (χ3v) is 2.88. The van der Waals surface area contributed by atoms with Gasteiger partial charge >= 0.3 is 5.97 Å². The first-order valence-electron chi connectivity index (χ1n) is 5.87. The molecule has 1 aromatic rings. The van der Waals surface area contributed by atoms with E-state index in [-0.39, 0.29) is 5.56 Å². The SMILES string of the molecule is O=C(O)c1coc(COCC2CCCCN2)c1. The highest BCUT2D eigenvalue weighted by Crippen LogP contribution is 2.11. The zero-order chi connectivity index (χ0) is 12.1. The van der Waals surface area contributed by atoms with Crippen LogP contribution in [-0.2, 0) is 11.3 Å². The van der Waals surface area contributed by atoms with E-state index in [0.29, 0.717) is 25.0 Å². The van der Waals surface area contributed by atoms with Gasteiger partial charge in [-0.3, -0.25) is 0 Å². The molecule has 0 aromatic carbocycles. The van der Waals surface area contributed by atoms with Crippen LogP contribution in [0.2, 0.25) is 0 Å². The second-order valence-electron chi connectivity index (χ2n) is 4.27. The second-order valence-corrected chi connectivity index (χ2v) is 4.27. The molecule has 0 bridgehead atoms. The molecule has 0 spiro atoms. The normalized spacial score (nSPS) is 20.4. The van der Waals surface area contributed by atoms with Crippen molar-refractivity contribution in [3.05, 3.63) is 23.7 Å². The second kappa shape index (κ2) is 5.84. The van der Waals surface area contributed by atoms with Gasteiger partial charge in [-0.15, -0.1) is 0 Å². The molecule has 94 valence electrons. The Morgan fingerprint density at radius 3 is 3.12 bits per heavy atom. The lowest BCUT2D eigenvalue weighted by Gasteiger charge is -2.22. The fraction of sp³-hybridized carbons (Fsp3) is 0.583. The molecular weight excluding hydrogens is 222 g/mol. The summed E-state index contributed by atoms with van der Waals surface area (Å²) in [7, 11) is 0. The lowest BCUT2D eigenvalue weighted by atomic mass is 10.1. The molecule has 5 nitrogen and oxygen atoms in total. The van der Waals surface area contributed by atoms with E-state index in [1.807, 2.05) is 0 Å². The third kappa shape index (κ3) is 3.57. The summed E-state index contributed by atoms with van der Waals surface area (Å²) in [5.74, 6) is -0.424. The fourth-order valence-corrected chi connectivity index (χ4v) is 1.94. The van der Waals surface area contributed by atoms with E-state index in [1.165, 1.54) is 25.2 Å². The predicted octanol–water partition coefficient (Wildman–Crippen LogP) is 1.64. The number of hydrogen-bond acceptors (Lipinski definition) is 4. The van der Waals surface area contributed by atoms with Crippen LogP contribution in [0.25, 0.3) is 0 Å². The summed E-state index contributed by atoms with van der Waals surface area (Å²) >= 11 is 0. The molecule has 1 saturated heterocycles. The Balaban J connectivity index is 1.71. The Morgan fingerprint density at radius 2 is 2.47 bits per heavy atom. The first-order valence-corrected chi connectivity index (χ1v) is 5.87. The minimum atomic E-state index is -0.978. The van der Waals surface area contributed by atoms with Crippen LogP contribution < -0.4 is 5.32 Å². The van der Waals surface area contributed by atoms with Gasteiger partial charge in [0.1, 0.15) is 18.6 Å². The third-order valence-electron chi connectivity index (χ3n) is 2.88. The van der Waals surface area contributed by atoms with Crippen molar-refractivity contribution in [3.8, 4) is 0 Å². The van der Waals surface area contributed by atoms with Gasteiger partial charge in [0.05, 0.1) is 12.2 Å². The molecule has 17 heavy (non-hydrogen) atoms. The van der Waals surface area contributed by atoms with Crippen molar-refractivity contribution in [2.45, 2.75) is 31.9 Å². The van der Waals surface area contributed by atoms with Crippen LogP contribution in [0.5, 0.6) is 0 Å². The van der Waals surface area contributed by atoms with Crippen molar-refractivity contribution in [1.29, 1.82) is 0 Å². The van der Waals surface area contributed by atoms with Crippen LogP contribution in [-0.4, -0.2) is 30.3 Å². The van der Waals surface area contributed by atoms with E-state index < -0.39 is 5.97 Å². The highest BCUT2D eigenvalue weighted by molar-refractivity contribution is 5.87. The molecular formula is C12H17NO4. The minimum Gasteiger partial charge on any atom is -0.478 e. The van der Waals surface area contributed by atoms with Gasteiger partial charge in [0.25, 0.3) is 0 Å². The number of nitrogens with one attached hydrogen (secondary N) is 1. The number of rotatable bonds is 5. The van der Waals surface area contributed by atoms with Crippen molar-refractivity contribution >= 4 is 5.97 Å². The number of piperidine rings is 1. The molecule has 5 heteroatoms. The lowest BCUT2D eigenvalue weighted by molar-refractivity contribution is 0.0696. The maximum absolute atomic E-state index is 10.6. The van der Waals surface area contributed by atoms with Crippen molar-refractivity contribution in [2.24, 2.45) is 0 Å². The number of carbonyl (C=O) groups is 1. The largest absolute Gasteiger partial charge is 0.478 e. The summed E-state index contributed by atoms with van der Waals surface area (Å²) in [4.78, 5) is 10.6. The highest BCUT2D eigenvalue weighted by Gasteiger charge is 2.13. The van der Waals surface area contributed by atoms with E-state index in [9.17, 15) is 4.79 Å². The van der Waals surface area contributed by atoms with Crippen LogP contribution in [0, 0.1) is 0 Å². The van der Waals surface area contributed by atoms with Crippen LogP contribution in [0.4, 0.5) is 0 Å². The number of aromatic carboxylic acids is 1. The van der Waals surface area contributed by atoms with Crippen LogP contribution in [0.3, 0.4) is 0 Å². The van der Waals surface area contributed by atoms with E-state index in [0.717, 1.165) is 13.0 Å². The van der Waals surface area contributed by atoms with E-state index in [1.54, 1.807) is 0 Å². The van der Waals surface area contributed by atoms with Gasteiger partial charge in [-0.25, -0.2) is 4.79 Å². The van der Waals surface area contributed by atoms with Crippen LogP contribution in [0.15, 0.2) is 16.7 Å². The Labute approximate surface area is 99.8 Å². The quantitative estimate of drug-likeness (QED) is 0.817. The Bertz CT molecular complexity index is 368. The fourth-order valence-electron chi connectivity index (χ4n) is 1.94. The Morgan fingerprint density at radius 1 is 1.59 bits per heavy atom. The molecule has 1 aliphatic rings. The summed E-state index contributed by atoms with van der Waals surface area (Å²) in [5, 5.41) is 12.1. The van der Waals surface area contributed by atoms with Crippen molar-refractivity contribution in [1.82, 2.24) is 5.32 Å². The van der Waals surface area contributed by atoms with Crippen molar-refractivity contribution in [2.75, 3.05) is 13.2 Å². The van der Waals surface area contributed by atoms with E-state index in [4.69, 9.17) is 14.3 Å². The molecule has 0 amide bonds. The van der Waals surface area contributed by atoms with Gasteiger partial charge in [0.2, 0.25) is 0 Å². The molecule has 2 rings (SSSR count). The molecule has 1 fully saturated rings. The van der Waals surface area contributed by atoms with Crippen molar-refractivity contribution in [3.63, 3.8) is 0 Å². The summed E-state index contributed by atoms with van der Waals surface area (Å²) in [6.07, 6.45) is 4.85. The summed E-state index contributed by atoms with van der Waals surface area (Å²) in [6.45, 7) is 2.02. The van der Waals surface area contributed by atoms with Gasteiger partial charge < -0.3 is 19.6 Å². The first-order chi connectivity index (χ1) is 8.25. The molecule has 0 aliphatic carbocycles. The molecule has 1 unspecified atom stereocenters. The molecule has 1 aromatic heterocycles. The number of furan rings is 1. The smallest absolute Gasteiger partial charge is 0.338 e. The molecule has 1 aliphatic heterocycles. The zero-order valence-corrected chi connectivity index (χ0v) is 9.65. The molecule has 2 heterocycles. The monoisotopic (exact) mass is 239 g/mol. The van der Waals surface area contributed by atoms with Gasteiger partial charge in [-0.1, -0.05) is 6.42 Å². The van der Waals surface area contributed by atoms with Crippen LogP contribution in [0.1, 0.15) is 35.4 Å². The first kappa shape index (κ1) is 12.1. The zero-order valence-electron chi connectivity index (χ0n) is 9.65. The van der Waals surface area contributed by atoms with Gasteiger partial charge in [-0.05, 0) is 25.5 Å². The maximum Gasteiger partial charge on any atom is 0.338 e. The molecule has 2 N–H and O–H groups in total. The van der Waals surface area contributed by atoms with E-state index in [2.05, 4.69) is 5.32 Å². The Kier molecular flexibility index (Phi) is 4.17. The Hall–Kier alpha value is -1.33. The summed E-state index contributed by atoms with van der Waals surface area (Å²) < 4.78 is 10.6. The van der Waals surface area contributed by atoms with Crippen molar-refractivity contribution < 1.29 is 19.1 Å². The predicted molar refractivity (Wildman–Crippen MR) is 61.0 cm³/mol. The number of carboxylic acid groups (broad SMARTS) is 1. The molecule has 1 atom stereocenters. The van der Waals surface area contributed by atoms with Gasteiger partial charge in [0.15, 0.2) is 0 Å². The average molecular weight is 239 g/mol. The number of ether oxygens (including phenoxy) is 1. The minimum absolute atomic E-state index is 0.166. The maximum atomic E-state index is 10.6. The molecule has 0 saturated carbocycles. The standard InChI is InChI=1S/C12H17NO4/c14-12(15)9-5-11(17-6-9)8-16-7-10-3-1-2-4-13-10/h5-6,10,13H,1-4,7-8H2,(H,14,15). The van der Waals surface area contributed by atoms with Gasteiger partial charge in [-0.2, -0.15) is 0 Å². The highest BCUT2D eigenvalue weighted by atomic mass is 16.5. The number of carboxylic acids is 1. The average Bonchev–Trinajstić information content (AvgIpc) is 2.79. The van der Waals surface area contributed by atoms with Gasteiger partial charge in [0, 0.05) is 6.04 Å². The summed E-state index contributed by atoms with van der Waals surface area (Å²) in [6, 6.07) is 1.91.